The van der Waals surface area contributed by atoms with Crippen LogP contribution in [-0.2, 0) is 4.79 Å². The Balaban J connectivity index is 2.29. The molecule has 0 fully saturated rings. The van der Waals surface area contributed by atoms with Crippen molar-refractivity contribution >= 4 is 22.8 Å². The van der Waals surface area contributed by atoms with Gasteiger partial charge < -0.3 is 9.84 Å². The number of para-hydroxylation sites is 1. The van der Waals surface area contributed by atoms with E-state index in [4.69, 9.17) is 9.84 Å². The Morgan fingerprint density at radius 3 is 3.00 bits per heavy atom. The summed E-state index contributed by atoms with van der Waals surface area (Å²) in [6, 6.07) is 7.24. The van der Waals surface area contributed by atoms with Gasteiger partial charge in [-0.05, 0) is 12.1 Å². The largest absolute Gasteiger partial charge is 0.426 e. The van der Waals surface area contributed by atoms with Crippen molar-refractivity contribution in [2.75, 3.05) is 12.4 Å². The summed E-state index contributed by atoms with van der Waals surface area (Å²) >= 11 is 1.57. The van der Waals surface area contributed by atoms with Crippen molar-refractivity contribution in [3.05, 3.63) is 29.8 Å². The fourth-order valence-electron chi connectivity index (χ4n) is 1.54. The molecule has 0 saturated carbocycles. The maximum Gasteiger partial charge on any atom is 0.308 e. The predicted molar refractivity (Wildman–Crippen MR) is 67.6 cm³/mol. The molecule has 17 heavy (non-hydrogen) atoms. The fourth-order valence-corrected chi connectivity index (χ4v) is 2.62. The smallest absolute Gasteiger partial charge is 0.308 e. The van der Waals surface area contributed by atoms with Gasteiger partial charge in [-0.2, -0.15) is 0 Å². The number of ether oxygens (including phenoxy) is 1. The van der Waals surface area contributed by atoms with Gasteiger partial charge in [0.1, 0.15) is 10.8 Å². The number of thioether (sulfide) groups is 1. The van der Waals surface area contributed by atoms with E-state index in [2.05, 4.69) is 4.99 Å². The highest BCUT2D eigenvalue weighted by Gasteiger charge is 2.21. The molecule has 1 aliphatic rings. The Labute approximate surface area is 104 Å². The number of benzene rings is 1. The number of aliphatic hydroxyl groups excluding tert-OH is 1. The van der Waals surface area contributed by atoms with Crippen molar-refractivity contribution in [3.63, 3.8) is 0 Å². The fraction of sp³-hybridized carbons (Fsp3) is 0.333. The van der Waals surface area contributed by atoms with Crippen molar-refractivity contribution in [3.8, 4) is 5.75 Å². The van der Waals surface area contributed by atoms with E-state index in [0.29, 0.717) is 5.75 Å². The third kappa shape index (κ3) is 2.87. The molecular weight excluding hydrogens is 238 g/mol. The Hall–Kier alpha value is -1.33. The molecule has 0 aliphatic carbocycles. The van der Waals surface area contributed by atoms with Crippen LogP contribution in [0, 0.1) is 0 Å². The zero-order chi connectivity index (χ0) is 12.3. The van der Waals surface area contributed by atoms with Crippen molar-refractivity contribution < 1.29 is 14.6 Å². The summed E-state index contributed by atoms with van der Waals surface area (Å²) < 4.78 is 5.13. The van der Waals surface area contributed by atoms with Gasteiger partial charge in [-0.3, -0.25) is 9.79 Å². The zero-order valence-electron chi connectivity index (χ0n) is 9.42. The van der Waals surface area contributed by atoms with E-state index in [1.807, 2.05) is 18.2 Å². The van der Waals surface area contributed by atoms with E-state index in [1.165, 1.54) is 6.92 Å². The molecule has 0 saturated heterocycles. The van der Waals surface area contributed by atoms with Crippen LogP contribution in [0.1, 0.15) is 12.5 Å². The predicted octanol–water partition coefficient (Wildman–Crippen LogP) is 1.47. The number of rotatable bonds is 3. The van der Waals surface area contributed by atoms with Crippen LogP contribution in [0.3, 0.4) is 0 Å². The molecule has 1 aromatic carbocycles. The lowest BCUT2D eigenvalue weighted by atomic mass is 10.2. The van der Waals surface area contributed by atoms with Crippen molar-refractivity contribution in [2.45, 2.75) is 13.0 Å². The third-order valence-electron chi connectivity index (χ3n) is 2.29. The molecule has 4 nitrogen and oxygen atoms in total. The number of hydrogen-bond acceptors (Lipinski definition) is 5. The lowest BCUT2D eigenvalue weighted by Gasteiger charge is -2.07. The van der Waals surface area contributed by atoms with Gasteiger partial charge in [-0.25, -0.2) is 0 Å². The second-order valence-electron chi connectivity index (χ2n) is 3.67. The Bertz CT molecular complexity index is 459. The molecule has 1 atom stereocenters. The second kappa shape index (κ2) is 5.33. The molecule has 1 aromatic rings. The number of nitrogens with zero attached hydrogens (tertiary/aromatic N) is 1. The number of carbonyl (C=O) groups is 1. The Kier molecular flexibility index (Phi) is 3.81. The first-order valence-electron chi connectivity index (χ1n) is 5.30. The normalized spacial score (nSPS) is 18.9. The molecule has 0 amide bonds. The SMILES string of the molecule is CC(=O)Oc1ccccc1C1=NC(CO)CS1. The molecule has 0 bridgehead atoms. The molecule has 1 unspecified atom stereocenters. The quantitative estimate of drug-likeness (QED) is 0.653. The molecule has 5 heteroatoms. The maximum absolute atomic E-state index is 11.0. The molecule has 1 heterocycles. The molecule has 1 N–H and O–H groups in total. The molecule has 2 rings (SSSR count). The lowest BCUT2D eigenvalue weighted by molar-refractivity contribution is -0.131. The number of esters is 1. The molecule has 1 aliphatic heterocycles. The Morgan fingerprint density at radius 2 is 2.35 bits per heavy atom. The minimum absolute atomic E-state index is 0.0478. The average Bonchev–Trinajstić information content (AvgIpc) is 2.77. The van der Waals surface area contributed by atoms with Crippen LogP contribution in [0.2, 0.25) is 0 Å². The minimum atomic E-state index is -0.347. The van der Waals surface area contributed by atoms with Crippen LogP contribution in [0.5, 0.6) is 5.75 Å². The number of carbonyl (C=O) groups excluding carboxylic acids is 1. The topological polar surface area (TPSA) is 58.9 Å². The van der Waals surface area contributed by atoms with E-state index < -0.39 is 0 Å². The summed E-state index contributed by atoms with van der Waals surface area (Å²) in [5.74, 6) is 0.935. The highest BCUT2D eigenvalue weighted by atomic mass is 32.2. The monoisotopic (exact) mass is 251 g/mol. The van der Waals surface area contributed by atoms with Crippen LogP contribution in [0.15, 0.2) is 29.3 Å². The summed E-state index contributed by atoms with van der Waals surface area (Å²) in [5, 5.41) is 9.86. The number of hydrogen-bond donors (Lipinski definition) is 1. The highest BCUT2D eigenvalue weighted by Crippen LogP contribution is 2.29. The van der Waals surface area contributed by atoms with E-state index in [-0.39, 0.29) is 18.6 Å². The van der Waals surface area contributed by atoms with Gasteiger partial charge in [0.05, 0.1) is 12.6 Å². The molecule has 0 radical (unpaired) electrons. The van der Waals surface area contributed by atoms with Crippen LogP contribution in [0.4, 0.5) is 0 Å². The standard InChI is InChI=1S/C12H13NO3S/c1-8(15)16-11-5-3-2-4-10(11)12-13-9(6-14)7-17-12/h2-5,9,14H,6-7H2,1H3. The Morgan fingerprint density at radius 1 is 1.59 bits per heavy atom. The second-order valence-corrected chi connectivity index (χ2v) is 4.68. The van der Waals surface area contributed by atoms with E-state index >= 15 is 0 Å². The van der Waals surface area contributed by atoms with Crippen molar-refractivity contribution in [1.82, 2.24) is 0 Å². The molecule has 0 spiro atoms. The van der Waals surface area contributed by atoms with Crippen LogP contribution < -0.4 is 4.74 Å². The van der Waals surface area contributed by atoms with Crippen LogP contribution >= 0.6 is 11.8 Å². The zero-order valence-corrected chi connectivity index (χ0v) is 10.2. The van der Waals surface area contributed by atoms with Gasteiger partial charge in [0.2, 0.25) is 0 Å². The van der Waals surface area contributed by atoms with Gasteiger partial charge in [0.15, 0.2) is 0 Å². The molecular formula is C12H13NO3S. The summed E-state index contributed by atoms with van der Waals surface area (Å²) in [6.45, 7) is 1.42. The number of aliphatic imine (C=N–C) groups is 1. The van der Waals surface area contributed by atoms with E-state index in [9.17, 15) is 4.79 Å². The first kappa shape index (κ1) is 12.1. The summed E-state index contributed by atoms with van der Waals surface area (Å²) in [6.07, 6.45) is 0. The van der Waals surface area contributed by atoms with Gasteiger partial charge >= 0.3 is 5.97 Å². The summed E-state index contributed by atoms with van der Waals surface area (Å²) in [7, 11) is 0. The van der Waals surface area contributed by atoms with Crippen LogP contribution in [0.25, 0.3) is 0 Å². The lowest BCUT2D eigenvalue weighted by Crippen LogP contribution is -2.08. The van der Waals surface area contributed by atoms with Crippen molar-refractivity contribution in [1.29, 1.82) is 0 Å². The van der Waals surface area contributed by atoms with Crippen LogP contribution in [-0.4, -0.2) is 34.5 Å². The first-order chi connectivity index (χ1) is 8.20. The minimum Gasteiger partial charge on any atom is -0.426 e. The number of aliphatic hydroxyl groups is 1. The maximum atomic E-state index is 11.0. The van der Waals surface area contributed by atoms with Crippen molar-refractivity contribution in [2.24, 2.45) is 4.99 Å². The van der Waals surface area contributed by atoms with E-state index in [0.717, 1.165) is 16.4 Å². The van der Waals surface area contributed by atoms with Gasteiger partial charge in [-0.15, -0.1) is 11.8 Å². The van der Waals surface area contributed by atoms with Gasteiger partial charge in [0.25, 0.3) is 0 Å². The highest BCUT2D eigenvalue weighted by molar-refractivity contribution is 8.14. The first-order valence-corrected chi connectivity index (χ1v) is 6.28. The molecule has 90 valence electrons. The third-order valence-corrected chi connectivity index (χ3v) is 3.44. The summed E-state index contributed by atoms with van der Waals surface area (Å²) in [5.41, 5.74) is 0.809. The molecule has 0 aromatic heterocycles. The van der Waals surface area contributed by atoms with Gasteiger partial charge in [-0.1, -0.05) is 12.1 Å². The van der Waals surface area contributed by atoms with E-state index in [1.54, 1.807) is 17.8 Å². The summed E-state index contributed by atoms with van der Waals surface area (Å²) in [4.78, 5) is 15.4. The average molecular weight is 251 g/mol. The van der Waals surface area contributed by atoms with Gasteiger partial charge in [0, 0.05) is 18.2 Å².